The minimum Gasteiger partial charge on any atom is -0.504 e. The number of aromatic nitrogens is 1. The first kappa shape index (κ1) is 9.12. The van der Waals surface area contributed by atoms with Gasteiger partial charge in [-0.2, -0.15) is 4.39 Å². The van der Waals surface area contributed by atoms with Crippen LogP contribution in [0.2, 0.25) is 5.15 Å². The van der Waals surface area contributed by atoms with Crippen molar-refractivity contribution in [3.05, 3.63) is 22.7 Å². The molecule has 1 aromatic heterocycles. The minimum absolute atomic E-state index is 0.436. The third-order valence-electron chi connectivity index (χ3n) is 1.18. The summed E-state index contributed by atoms with van der Waals surface area (Å²) in [5, 5.41) is 8.19. The molecule has 0 saturated carbocycles. The van der Waals surface area contributed by atoms with E-state index in [4.69, 9.17) is 16.7 Å². The van der Waals surface area contributed by atoms with Crippen molar-refractivity contribution in [3.8, 4) is 5.75 Å². The van der Waals surface area contributed by atoms with Crippen LogP contribution < -0.4 is 0 Å². The first-order chi connectivity index (χ1) is 5.52. The van der Waals surface area contributed by atoms with Crippen molar-refractivity contribution in [1.82, 2.24) is 4.98 Å². The topological polar surface area (TPSA) is 33.1 Å². The van der Waals surface area contributed by atoms with Crippen LogP contribution in [0.5, 0.6) is 5.75 Å². The molecule has 6 heteroatoms. The lowest BCUT2D eigenvalue weighted by Gasteiger charge is -2.03. The number of halogens is 4. The number of aromatic hydroxyl groups is 1. The molecule has 0 saturated heterocycles. The van der Waals surface area contributed by atoms with Gasteiger partial charge in [-0.1, -0.05) is 11.6 Å². The Morgan fingerprint density at radius 2 is 2.08 bits per heavy atom. The van der Waals surface area contributed by atoms with Gasteiger partial charge in [-0.3, -0.25) is 0 Å². The molecule has 12 heavy (non-hydrogen) atoms. The van der Waals surface area contributed by atoms with E-state index in [1.807, 2.05) is 0 Å². The summed E-state index contributed by atoms with van der Waals surface area (Å²) in [6.07, 6.45) is -2.97. The van der Waals surface area contributed by atoms with Gasteiger partial charge < -0.3 is 5.11 Å². The number of alkyl halides is 2. The van der Waals surface area contributed by atoms with Gasteiger partial charge in [0.2, 0.25) is 5.95 Å². The molecule has 0 aromatic carbocycles. The largest absolute Gasteiger partial charge is 0.504 e. The molecule has 2 nitrogen and oxygen atoms in total. The van der Waals surface area contributed by atoms with Crippen LogP contribution in [-0.2, 0) is 0 Å². The van der Waals surface area contributed by atoms with Crippen molar-refractivity contribution in [3.63, 3.8) is 0 Å². The number of hydrogen-bond donors (Lipinski definition) is 1. The van der Waals surface area contributed by atoms with Crippen molar-refractivity contribution >= 4 is 11.6 Å². The van der Waals surface area contributed by atoms with E-state index < -0.39 is 28.8 Å². The van der Waals surface area contributed by atoms with Gasteiger partial charge in [0, 0.05) is 6.07 Å². The summed E-state index contributed by atoms with van der Waals surface area (Å²) < 4.78 is 36.3. The molecule has 1 aromatic rings. The van der Waals surface area contributed by atoms with E-state index in [2.05, 4.69) is 4.98 Å². The van der Waals surface area contributed by atoms with Gasteiger partial charge in [0.05, 0.1) is 5.56 Å². The van der Waals surface area contributed by atoms with Gasteiger partial charge in [0.15, 0.2) is 10.9 Å². The second-order valence-electron chi connectivity index (χ2n) is 1.97. The van der Waals surface area contributed by atoms with Gasteiger partial charge >= 0.3 is 0 Å². The third kappa shape index (κ3) is 1.61. The van der Waals surface area contributed by atoms with Gasteiger partial charge in [-0.05, 0) is 0 Å². The molecule has 0 amide bonds. The van der Waals surface area contributed by atoms with Crippen LogP contribution in [0.3, 0.4) is 0 Å². The van der Waals surface area contributed by atoms with Gasteiger partial charge in [-0.25, -0.2) is 13.8 Å². The fraction of sp³-hybridized carbons (Fsp3) is 0.167. The van der Waals surface area contributed by atoms with Crippen molar-refractivity contribution < 1.29 is 18.3 Å². The summed E-state index contributed by atoms with van der Waals surface area (Å²) >= 11 is 5.13. The highest BCUT2D eigenvalue weighted by atomic mass is 35.5. The van der Waals surface area contributed by atoms with Crippen molar-refractivity contribution in [2.24, 2.45) is 0 Å². The summed E-state index contributed by atoms with van der Waals surface area (Å²) in [5.74, 6) is -2.03. The van der Waals surface area contributed by atoms with Gasteiger partial charge in [-0.15, -0.1) is 0 Å². The van der Waals surface area contributed by atoms with E-state index >= 15 is 0 Å². The lowest BCUT2D eigenvalue weighted by molar-refractivity contribution is 0.146. The van der Waals surface area contributed by atoms with E-state index in [1.165, 1.54) is 0 Å². The zero-order valence-corrected chi connectivity index (χ0v) is 6.32. The summed E-state index contributed by atoms with van der Waals surface area (Å²) in [5.41, 5.74) is -0.854. The molecule has 66 valence electrons. The lowest BCUT2D eigenvalue weighted by atomic mass is 10.2. The van der Waals surface area contributed by atoms with Crippen LogP contribution >= 0.6 is 11.6 Å². The molecule has 0 bridgehead atoms. The second-order valence-corrected chi connectivity index (χ2v) is 2.33. The maximum Gasteiger partial charge on any atom is 0.267 e. The maximum atomic E-state index is 12.3. The highest BCUT2D eigenvalue weighted by Crippen LogP contribution is 2.32. The number of hydrogen-bond acceptors (Lipinski definition) is 2. The van der Waals surface area contributed by atoms with Crippen LogP contribution in [0.15, 0.2) is 6.07 Å². The quantitative estimate of drug-likeness (QED) is 0.702. The SMILES string of the molecule is Oc1c(C(F)F)cc(F)nc1Cl. The Kier molecular flexibility index (Phi) is 2.42. The zero-order chi connectivity index (χ0) is 9.30. The molecule has 0 aliphatic rings. The Hall–Kier alpha value is -0.970. The Balaban J connectivity index is 3.28. The normalized spacial score (nSPS) is 10.8. The average molecular weight is 198 g/mol. The van der Waals surface area contributed by atoms with Crippen LogP contribution in [0.1, 0.15) is 12.0 Å². The van der Waals surface area contributed by atoms with E-state index in [0.717, 1.165) is 0 Å². The van der Waals surface area contributed by atoms with Crippen LogP contribution in [0, 0.1) is 5.95 Å². The van der Waals surface area contributed by atoms with Crippen LogP contribution in [0.25, 0.3) is 0 Å². The predicted molar refractivity (Wildman–Crippen MR) is 35.8 cm³/mol. The summed E-state index contributed by atoms with van der Waals surface area (Å²) in [6, 6.07) is 0.436. The first-order valence-electron chi connectivity index (χ1n) is 2.85. The fourth-order valence-corrected chi connectivity index (χ4v) is 0.851. The van der Waals surface area contributed by atoms with Crippen molar-refractivity contribution in [2.45, 2.75) is 6.43 Å². The van der Waals surface area contributed by atoms with Gasteiger partial charge in [0.1, 0.15) is 0 Å². The molecule has 0 radical (unpaired) electrons. The van der Waals surface area contributed by atoms with Crippen molar-refractivity contribution in [2.75, 3.05) is 0 Å². The molecule has 1 rings (SSSR count). The molecule has 0 spiro atoms. The lowest BCUT2D eigenvalue weighted by Crippen LogP contribution is -1.91. The standard InChI is InChI=1S/C6H3ClF3NO/c7-5-4(12)2(6(9)10)1-3(8)11-5/h1,6,12H. The Labute approximate surface area is 70.6 Å². The second kappa shape index (κ2) is 3.18. The Morgan fingerprint density at radius 1 is 1.50 bits per heavy atom. The summed E-state index contributed by atoms with van der Waals surface area (Å²) in [6.45, 7) is 0. The summed E-state index contributed by atoms with van der Waals surface area (Å²) in [4.78, 5) is 2.93. The molecule has 1 N–H and O–H groups in total. The zero-order valence-electron chi connectivity index (χ0n) is 5.56. The highest BCUT2D eigenvalue weighted by molar-refractivity contribution is 6.30. The number of nitrogens with zero attached hydrogens (tertiary/aromatic N) is 1. The summed E-state index contributed by atoms with van der Waals surface area (Å²) in [7, 11) is 0. The van der Waals surface area contributed by atoms with E-state index in [0.29, 0.717) is 6.07 Å². The predicted octanol–water partition coefficient (Wildman–Crippen LogP) is 2.52. The average Bonchev–Trinajstić information content (AvgIpc) is 1.96. The number of pyridine rings is 1. The molecular formula is C6H3ClF3NO. The minimum atomic E-state index is -2.97. The molecule has 0 aliphatic heterocycles. The molecule has 0 atom stereocenters. The first-order valence-corrected chi connectivity index (χ1v) is 3.23. The van der Waals surface area contributed by atoms with Gasteiger partial charge in [0.25, 0.3) is 6.43 Å². The Morgan fingerprint density at radius 3 is 2.58 bits per heavy atom. The van der Waals surface area contributed by atoms with E-state index in [-0.39, 0.29) is 0 Å². The maximum absolute atomic E-state index is 12.3. The molecule has 1 heterocycles. The number of rotatable bonds is 1. The van der Waals surface area contributed by atoms with Crippen LogP contribution in [-0.4, -0.2) is 10.1 Å². The van der Waals surface area contributed by atoms with E-state index in [9.17, 15) is 13.2 Å². The van der Waals surface area contributed by atoms with Crippen molar-refractivity contribution in [1.29, 1.82) is 0 Å². The molecule has 0 fully saturated rings. The van der Waals surface area contributed by atoms with Crippen LogP contribution in [0.4, 0.5) is 13.2 Å². The fourth-order valence-electron chi connectivity index (χ4n) is 0.661. The highest BCUT2D eigenvalue weighted by Gasteiger charge is 2.17. The Bertz CT molecular complexity index is 305. The molecule has 0 aliphatic carbocycles. The smallest absolute Gasteiger partial charge is 0.267 e. The molecule has 0 unspecified atom stereocenters. The third-order valence-corrected chi connectivity index (χ3v) is 1.45. The monoisotopic (exact) mass is 197 g/mol. The molecular weight excluding hydrogens is 195 g/mol. The van der Waals surface area contributed by atoms with E-state index in [1.54, 1.807) is 0 Å².